The fourth-order valence-electron chi connectivity index (χ4n) is 2.73. The molecule has 0 amide bonds. The molecule has 0 radical (unpaired) electrons. The summed E-state index contributed by atoms with van der Waals surface area (Å²) in [5.41, 5.74) is 3.40. The molecule has 1 N–H and O–H groups in total. The highest BCUT2D eigenvalue weighted by Gasteiger charge is 2.33. The van der Waals surface area contributed by atoms with Crippen LogP contribution in [0.5, 0.6) is 0 Å². The minimum Gasteiger partial charge on any atom is -0.345 e. The quantitative estimate of drug-likeness (QED) is 0.854. The average Bonchev–Trinajstić information content (AvgIpc) is 2.80. The van der Waals surface area contributed by atoms with E-state index in [1.54, 1.807) is 0 Å². The third kappa shape index (κ3) is 4.20. The maximum atomic E-state index is 11.7. The zero-order valence-electron chi connectivity index (χ0n) is 13.4. The van der Waals surface area contributed by atoms with Crippen molar-refractivity contribution in [3.8, 4) is 0 Å². The van der Waals surface area contributed by atoms with Crippen LogP contribution < -0.4 is 5.32 Å². The first-order valence-corrected chi connectivity index (χ1v) is 9.90. The molecular weight excluding hydrogens is 316 g/mol. The minimum atomic E-state index is -2.91. The van der Waals surface area contributed by atoms with E-state index in [9.17, 15) is 8.42 Å². The van der Waals surface area contributed by atoms with Gasteiger partial charge in [-0.3, -0.25) is 0 Å². The molecule has 0 saturated carbocycles. The second-order valence-electron chi connectivity index (χ2n) is 5.98. The number of sulfone groups is 1. The van der Waals surface area contributed by atoms with Gasteiger partial charge in [-0.1, -0.05) is 13.0 Å². The normalized spacial score (nSPS) is 19.9. The Kier molecular flexibility index (Phi) is 5.45. The van der Waals surface area contributed by atoms with Crippen LogP contribution in [0.2, 0.25) is 0 Å². The van der Waals surface area contributed by atoms with E-state index in [4.69, 9.17) is 12.2 Å². The number of hydrogen-bond donors (Lipinski definition) is 1. The van der Waals surface area contributed by atoms with Crippen molar-refractivity contribution in [2.24, 2.45) is 0 Å². The van der Waals surface area contributed by atoms with Crippen LogP contribution in [0.25, 0.3) is 0 Å². The van der Waals surface area contributed by atoms with Gasteiger partial charge in [-0.2, -0.15) is 0 Å². The Morgan fingerprint density at radius 3 is 2.64 bits per heavy atom. The SMILES string of the molecule is CCCN(C(=S)Nc1ccc(C)c(C)c1)[C@H]1CCS(=O)(=O)C1. The number of benzene rings is 1. The fraction of sp³-hybridized carbons (Fsp3) is 0.562. The lowest BCUT2D eigenvalue weighted by molar-refractivity contribution is 0.339. The number of anilines is 1. The summed E-state index contributed by atoms with van der Waals surface area (Å²) in [7, 11) is -2.91. The zero-order chi connectivity index (χ0) is 16.3. The summed E-state index contributed by atoms with van der Waals surface area (Å²) in [4.78, 5) is 2.04. The van der Waals surface area contributed by atoms with Crippen LogP contribution in [0.1, 0.15) is 30.9 Å². The van der Waals surface area contributed by atoms with E-state index in [1.807, 2.05) is 11.0 Å². The molecule has 1 atom stereocenters. The van der Waals surface area contributed by atoms with Gasteiger partial charge in [0.2, 0.25) is 0 Å². The van der Waals surface area contributed by atoms with E-state index >= 15 is 0 Å². The molecule has 1 aromatic carbocycles. The van der Waals surface area contributed by atoms with Crippen molar-refractivity contribution in [2.45, 2.75) is 39.7 Å². The molecule has 22 heavy (non-hydrogen) atoms. The van der Waals surface area contributed by atoms with Crippen molar-refractivity contribution < 1.29 is 8.42 Å². The van der Waals surface area contributed by atoms with E-state index in [2.05, 4.69) is 38.2 Å². The second-order valence-corrected chi connectivity index (χ2v) is 8.59. The number of nitrogens with zero attached hydrogens (tertiary/aromatic N) is 1. The first-order valence-electron chi connectivity index (χ1n) is 7.67. The second kappa shape index (κ2) is 6.96. The first kappa shape index (κ1) is 17.2. The Hall–Kier alpha value is -1.14. The monoisotopic (exact) mass is 340 g/mol. The topological polar surface area (TPSA) is 49.4 Å². The van der Waals surface area contributed by atoms with Crippen molar-refractivity contribution in [2.75, 3.05) is 23.4 Å². The van der Waals surface area contributed by atoms with E-state index in [0.29, 0.717) is 11.5 Å². The van der Waals surface area contributed by atoms with Crippen LogP contribution in [0.3, 0.4) is 0 Å². The smallest absolute Gasteiger partial charge is 0.173 e. The van der Waals surface area contributed by atoms with Gasteiger partial charge in [-0.05, 0) is 62.2 Å². The Bertz CT molecular complexity index is 656. The number of hydrogen-bond acceptors (Lipinski definition) is 3. The summed E-state index contributed by atoms with van der Waals surface area (Å²) in [6.07, 6.45) is 1.60. The number of rotatable bonds is 4. The lowest BCUT2D eigenvalue weighted by Crippen LogP contribution is -2.43. The molecule has 1 saturated heterocycles. The van der Waals surface area contributed by atoms with Gasteiger partial charge in [-0.25, -0.2) is 8.42 Å². The molecule has 0 bridgehead atoms. The molecule has 1 aliphatic rings. The average molecular weight is 341 g/mol. The highest BCUT2D eigenvalue weighted by atomic mass is 32.2. The van der Waals surface area contributed by atoms with Gasteiger partial charge < -0.3 is 10.2 Å². The van der Waals surface area contributed by atoms with Gasteiger partial charge in [0, 0.05) is 18.3 Å². The van der Waals surface area contributed by atoms with E-state index in [-0.39, 0.29) is 17.5 Å². The summed E-state index contributed by atoms with van der Waals surface area (Å²) in [6, 6.07) is 6.13. The third-order valence-electron chi connectivity index (χ3n) is 4.13. The summed E-state index contributed by atoms with van der Waals surface area (Å²) in [6.45, 7) is 6.99. The largest absolute Gasteiger partial charge is 0.345 e. The third-order valence-corrected chi connectivity index (χ3v) is 6.22. The maximum absolute atomic E-state index is 11.7. The Morgan fingerprint density at radius 1 is 1.36 bits per heavy atom. The maximum Gasteiger partial charge on any atom is 0.173 e. The van der Waals surface area contributed by atoms with Gasteiger partial charge in [0.1, 0.15) is 0 Å². The lowest BCUT2D eigenvalue weighted by atomic mass is 10.1. The standard InChI is InChI=1S/C16H24N2O2S2/c1-4-8-18(15-7-9-22(19,20)11-15)16(21)17-14-6-5-12(2)13(3)10-14/h5-6,10,15H,4,7-9,11H2,1-3H3,(H,17,21)/t15-/m0/s1. The molecule has 1 aliphatic heterocycles. The van der Waals surface area contributed by atoms with E-state index in [0.717, 1.165) is 18.7 Å². The summed E-state index contributed by atoms with van der Waals surface area (Å²) < 4.78 is 23.4. The summed E-state index contributed by atoms with van der Waals surface area (Å²) in [5, 5.41) is 3.88. The fourth-order valence-corrected chi connectivity index (χ4v) is 4.82. The van der Waals surface area contributed by atoms with E-state index in [1.165, 1.54) is 11.1 Å². The minimum absolute atomic E-state index is 0.00325. The van der Waals surface area contributed by atoms with Crippen LogP contribution in [-0.2, 0) is 9.84 Å². The van der Waals surface area contributed by atoms with Crippen LogP contribution in [0, 0.1) is 13.8 Å². The Labute approximate surface area is 138 Å². The number of nitrogens with one attached hydrogen (secondary N) is 1. The van der Waals surface area contributed by atoms with Crippen LogP contribution in [0.4, 0.5) is 5.69 Å². The van der Waals surface area contributed by atoms with Crippen molar-refractivity contribution >= 4 is 32.9 Å². The first-order chi connectivity index (χ1) is 10.3. The molecule has 0 aliphatic carbocycles. The molecule has 1 heterocycles. The molecule has 4 nitrogen and oxygen atoms in total. The van der Waals surface area contributed by atoms with Crippen LogP contribution in [0.15, 0.2) is 18.2 Å². The highest BCUT2D eigenvalue weighted by Crippen LogP contribution is 2.20. The van der Waals surface area contributed by atoms with Crippen molar-refractivity contribution in [1.29, 1.82) is 0 Å². The molecule has 122 valence electrons. The molecule has 6 heteroatoms. The van der Waals surface area contributed by atoms with Crippen LogP contribution in [-0.4, -0.2) is 42.5 Å². The number of aryl methyl sites for hydroxylation is 2. The molecular formula is C16H24N2O2S2. The zero-order valence-corrected chi connectivity index (χ0v) is 15.1. The summed E-state index contributed by atoms with van der Waals surface area (Å²) in [5.74, 6) is 0.478. The van der Waals surface area contributed by atoms with Crippen LogP contribution >= 0.6 is 12.2 Å². The van der Waals surface area contributed by atoms with Crippen molar-refractivity contribution in [3.63, 3.8) is 0 Å². The lowest BCUT2D eigenvalue weighted by Gasteiger charge is -2.30. The van der Waals surface area contributed by atoms with Gasteiger partial charge in [0.25, 0.3) is 0 Å². The van der Waals surface area contributed by atoms with Gasteiger partial charge >= 0.3 is 0 Å². The predicted octanol–water partition coefficient (Wildman–Crippen LogP) is 2.90. The van der Waals surface area contributed by atoms with Crippen molar-refractivity contribution in [3.05, 3.63) is 29.3 Å². The van der Waals surface area contributed by atoms with Gasteiger partial charge in [-0.15, -0.1) is 0 Å². The molecule has 2 rings (SSSR count). The molecule has 0 aromatic heterocycles. The van der Waals surface area contributed by atoms with Gasteiger partial charge in [0.05, 0.1) is 11.5 Å². The van der Waals surface area contributed by atoms with Gasteiger partial charge in [0.15, 0.2) is 14.9 Å². The van der Waals surface area contributed by atoms with Crippen molar-refractivity contribution in [1.82, 2.24) is 4.90 Å². The Balaban J connectivity index is 2.11. The highest BCUT2D eigenvalue weighted by molar-refractivity contribution is 7.91. The molecule has 1 aromatic rings. The number of thiocarbonyl (C=S) groups is 1. The molecule has 1 fully saturated rings. The summed E-state index contributed by atoms with van der Waals surface area (Å²) >= 11 is 5.53. The predicted molar refractivity (Wildman–Crippen MR) is 96.2 cm³/mol. The Morgan fingerprint density at radius 2 is 2.09 bits per heavy atom. The van der Waals surface area contributed by atoms with E-state index < -0.39 is 9.84 Å². The molecule has 0 spiro atoms. The molecule has 0 unspecified atom stereocenters.